The van der Waals surface area contributed by atoms with Crippen LogP contribution in [0.1, 0.15) is 0 Å². The first kappa shape index (κ1) is 19.5. The van der Waals surface area contributed by atoms with E-state index in [4.69, 9.17) is 0 Å². The van der Waals surface area contributed by atoms with Crippen molar-refractivity contribution < 1.29 is 52.1 Å². The van der Waals surface area contributed by atoms with Gasteiger partial charge in [-0.3, -0.25) is 5.10 Å². The number of alkyl halides is 9. The predicted octanol–water partition coefficient (Wildman–Crippen LogP) is 1.98. The van der Waals surface area contributed by atoms with Gasteiger partial charge in [0.05, 0.1) is 0 Å². The summed E-state index contributed by atoms with van der Waals surface area (Å²) in [5.74, 6) is -20.3. The lowest BCUT2D eigenvalue weighted by Crippen LogP contribution is -2.63. The Bertz CT molecular complexity index is 645. The maximum Gasteiger partial charge on any atom is 0.440 e. The molecule has 0 aliphatic carbocycles. The molecule has 0 bridgehead atoms. The van der Waals surface area contributed by atoms with Gasteiger partial charge in [0.1, 0.15) is 6.33 Å². The van der Waals surface area contributed by atoms with E-state index >= 15 is 0 Å². The normalized spacial score (nSPS) is 15.0. The van der Waals surface area contributed by atoms with E-state index in [0.717, 1.165) is 0 Å². The molecule has 0 fully saturated rings. The van der Waals surface area contributed by atoms with Crippen LogP contribution in [0.4, 0.5) is 39.5 Å². The highest BCUT2D eigenvalue weighted by molar-refractivity contribution is 7.86. The Labute approximate surface area is 120 Å². The molecule has 0 radical (unpaired) electrons. The van der Waals surface area contributed by atoms with Crippen LogP contribution in [-0.4, -0.2) is 54.1 Å². The topological polar surface area (TPSA) is 84.9 Å². The number of aromatic amines is 1. The number of H-pyrrole nitrogens is 1. The Morgan fingerprint density at radius 1 is 1.04 bits per heavy atom. The van der Waals surface area contributed by atoms with Gasteiger partial charge in [0, 0.05) is 0 Å². The third-order valence-electron chi connectivity index (χ3n) is 2.22. The molecule has 1 rings (SSSR count). The van der Waals surface area contributed by atoms with Crippen LogP contribution in [0, 0.1) is 0 Å². The van der Waals surface area contributed by atoms with Crippen molar-refractivity contribution >= 4 is 10.1 Å². The fourth-order valence-corrected chi connectivity index (χ4v) is 1.84. The fraction of sp³-hybridized carbons (Fsp3) is 0.714. The standard InChI is InChI=1S/C7H4F9N3O3S/c8-1-4(9,10)5(11,12)6(13,14)7(15,16)22-23(20,21)3-17-2-18-19-3/h2H,1H2,(H,17,18,19). The summed E-state index contributed by atoms with van der Waals surface area (Å²) in [7, 11) is -5.93. The Balaban J connectivity index is 3.26. The number of halogens is 9. The van der Waals surface area contributed by atoms with Gasteiger partial charge in [-0.25, -0.2) is 9.37 Å². The molecule has 0 saturated carbocycles. The average molecular weight is 381 g/mol. The predicted molar refractivity (Wildman–Crippen MR) is 50.4 cm³/mol. The van der Waals surface area contributed by atoms with Crippen LogP contribution >= 0.6 is 0 Å². The summed E-state index contributed by atoms with van der Waals surface area (Å²) < 4.78 is 140. The summed E-state index contributed by atoms with van der Waals surface area (Å²) >= 11 is 0. The zero-order valence-corrected chi connectivity index (χ0v) is 11.0. The van der Waals surface area contributed by atoms with Crippen molar-refractivity contribution in [3.8, 4) is 0 Å². The summed E-state index contributed by atoms with van der Waals surface area (Å²) in [5, 5.41) is 2.65. The minimum Gasteiger partial charge on any atom is -0.265 e. The zero-order valence-electron chi connectivity index (χ0n) is 10.2. The van der Waals surface area contributed by atoms with Gasteiger partial charge in [0.15, 0.2) is 6.67 Å². The molecule has 1 heterocycles. The van der Waals surface area contributed by atoms with E-state index in [1.54, 1.807) is 5.10 Å². The summed E-state index contributed by atoms with van der Waals surface area (Å²) in [6.07, 6.45) is -6.20. The van der Waals surface area contributed by atoms with Gasteiger partial charge in [-0.05, 0) is 0 Å². The fourth-order valence-electron chi connectivity index (χ4n) is 1.04. The second kappa shape index (κ2) is 5.50. The average Bonchev–Trinajstić information content (AvgIpc) is 2.91. The smallest absolute Gasteiger partial charge is 0.265 e. The highest BCUT2D eigenvalue weighted by atomic mass is 32.2. The molecule has 0 unspecified atom stereocenters. The van der Waals surface area contributed by atoms with Crippen LogP contribution in [0.3, 0.4) is 0 Å². The highest BCUT2D eigenvalue weighted by Crippen LogP contribution is 2.53. The molecule has 1 aromatic rings. The van der Waals surface area contributed by atoms with Gasteiger partial charge in [-0.15, -0.1) is 5.10 Å². The van der Waals surface area contributed by atoms with Crippen LogP contribution in [0.5, 0.6) is 0 Å². The number of aromatic nitrogens is 3. The van der Waals surface area contributed by atoms with Crippen LogP contribution in [-0.2, 0) is 14.3 Å². The van der Waals surface area contributed by atoms with Gasteiger partial charge < -0.3 is 0 Å². The number of nitrogens with zero attached hydrogens (tertiary/aromatic N) is 2. The lowest BCUT2D eigenvalue weighted by molar-refractivity contribution is -0.408. The van der Waals surface area contributed by atoms with Gasteiger partial charge in [-0.1, -0.05) is 0 Å². The molecule has 0 aliphatic rings. The molecule has 6 nitrogen and oxygen atoms in total. The molecule has 0 saturated heterocycles. The van der Waals surface area contributed by atoms with Gasteiger partial charge in [0.2, 0.25) is 0 Å². The van der Waals surface area contributed by atoms with Crippen molar-refractivity contribution in [3.63, 3.8) is 0 Å². The van der Waals surface area contributed by atoms with E-state index in [9.17, 15) is 47.9 Å². The summed E-state index contributed by atoms with van der Waals surface area (Å²) in [5.41, 5.74) is 0. The third kappa shape index (κ3) is 3.08. The first-order valence-electron chi connectivity index (χ1n) is 5.01. The minimum atomic E-state index is -7.10. The molecular weight excluding hydrogens is 377 g/mol. The minimum absolute atomic E-state index is 0.471. The van der Waals surface area contributed by atoms with Crippen molar-refractivity contribution in [3.05, 3.63) is 6.33 Å². The molecule has 134 valence electrons. The largest absolute Gasteiger partial charge is 0.440 e. The van der Waals surface area contributed by atoms with E-state index in [1.807, 2.05) is 0 Å². The van der Waals surface area contributed by atoms with Crippen LogP contribution < -0.4 is 0 Å². The first-order chi connectivity index (χ1) is 10.1. The summed E-state index contributed by atoms with van der Waals surface area (Å²) in [6.45, 7) is -3.42. The first-order valence-corrected chi connectivity index (χ1v) is 6.42. The van der Waals surface area contributed by atoms with E-state index in [1.165, 1.54) is 0 Å². The molecule has 16 heteroatoms. The second-order valence-corrected chi connectivity index (χ2v) is 5.26. The molecule has 0 atom stereocenters. The Morgan fingerprint density at radius 2 is 1.57 bits per heavy atom. The highest BCUT2D eigenvalue weighted by Gasteiger charge is 2.82. The van der Waals surface area contributed by atoms with Crippen molar-refractivity contribution in [2.45, 2.75) is 29.0 Å². The maximum absolute atomic E-state index is 13.1. The van der Waals surface area contributed by atoms with Crippen molar-refractivity contribution in [2.75, 3.05) is 6.67 Å². The van der Waals surface area contributed by atoms with Crippen LogP contribution in [0.25, 0.3) is 0 Å². The van der Waals surface area contributed by atoms with Gasteiger partial charge in [-0.2, -0.15) is 47.7 Å². The van der Waals surface area contributed by atoms with Gasteiger partial charge >= 0.3 is 34.0 Å². The van der Waals surface area contributed by atoms with E-state index in [0.29, 0.717) is 6.33 Å². The Hall–Kier alpha value is -1.58. The summed E-state index contributed by atoms with van der Waals surface area (Å²) in [6, 6.07) is 0. The molecule has 0 amide bonds. The molecule has 1 aromatic heterocycles. The zero-order chi connectivity index (χ0) is 18.3. The number of hydrogen-bond donors (Lipinski definition) is 1. The van der Waals surface area contributed by atoms with Crippen LogP contribution in [0.15, 0.2) is 11.5 Å². The quantitative estimate of drug-likeness (QED) is 0.577. The van der Waals surface area contributed by atoms with E-state index in [2.05, 4.69) is 14.3 Å². The van der Waals surface area contributed by atoms with Gasteiger partial charge in [0.25, 0.3) is 5.16 Å². The molecule has 1 N–H and O–H groups in total. The van der Waals surface area contributed by atoms with Crippen molar-refractivity contribution in [1.29, 1.82) is 0 Å². The maximum atomic E-state index is 13.1. The Morgan fingerprint density at radius 3 is 1.96 bits per heavy atom. The molecule has 23 heavy (non-hydrogen) atoms. The number of rotatable bonds is 7. The summed E-state index contributed by atoms with van der Waals surface area (Å²) in [4.78, 5) is 2.73. The van der Waals surface area contributed by atoms with Crippen LogP contribution in [0.2, 0.25) is 0 Å². The monoisotopic (exact) mass is 381 g/mol. The SMILES string of the molecule is O=S(=O)(OC(F)(F)C(F)(F)C(F)(F)C(F)(F)CF)c1nc[nH]n1. The Kier molecular flexibility index (Phi) is 4.65. The lowest BCUT2D eigenvalue weighted by Gasteiger charge is -2.34. The molecule has 0 aromatic carbocycles. The molecular formula is C7H4F9N3O3S. The number of hydrogen-bond acceptors (Lipinski definition) is 5. The lowest BCUT2D eigenvalue weighted by atomic mass is 10.0. The third-order valence-corrected chi connectivity index (χ3v) is 3.29. The molecule has 0 aliphatic heterocycles. The number of nitrogens with one attached hydrogen (secondary N) is 1. The van der Waals surface area contributed by atoms with Crippen molar-refractivity contribution in [2.24, 2.45) is 0 Å². The second-order valence-electron chi connectivity index (χ2n) is 3.82. The van der Waals surface area contributed by atoms with E-state index < -0.39 is 45.8 Å². The molecule has 0 spiro atoms. The van der Waals surface area contributed by atoms with E-state index in [-0.39, 0.29) is 0 Å². The van der Waals surface area contributed by atoms with Crippen molar-refractivity contribution in [1.82, 2.24) is 15.2 Å².